The fraction of sp³-hybridized carbons (Fsp3) is 0.733. The van der Waals surface area contributed by atoms with Gasteiger partial charge in [0.1, 0.15) is 0 Å². The Morgan fingerprint density at radius 1 is 1.25 bits per heavy atom. The highest BCUT2D eigenvalue weighted by atomic mass is 16.5. The van der Waals surface area contributed by atoms with Gasteiger partial charge in [0.05, 0.1) is 19.1 Å². The van der Waals surface area contributed by atoms with E-state index in [1.807, 2.05) is 0 Å². The Hall–Kier alpha value is -2.16. The van der Waals surface area contributed by atoms with Crippen LogP contribution in [-0.4, -0.2) is 77.8 Å². The van der Waals surface area contributed by atoms with E-state index in [4.69, 9.17) is 9.26 Å². The van der Waals surface area contributed by atoms with Crippen molar-refractivity contribution >= 4 is 11.9 Å². The molecule has 132 valence electrons. The molecule has 1 aromatic rings. The van der Waals surface area contributed by atoms with Crippen molar-refractivity contribution in [3.05, 3.63) is 11.7 Å². The lowest BCUT2D eigenvalue weighted by Gasteiger charge is -2.27. The molecule has 0 aromatic carbocycles. The van der Waals surface area contributed by atoms with Gasteiger partial charge in [-0.25, -0.2) is 4.79 Å². The minimum absolute atomic E-state index is 0.0548. The topological polar surface area (TPSA) is 101 Å². The summed E-state index contributed by atoms with van der Waals surface area (Å²) in [5.41, 5.74) is 0. The highest BCUT2D eigenvalue weighted by Crippen LogP contribution is 2.25. The zero-order chi connectivity index (χ0) is 16.9. The molecule has 9 nitrogen and oxygen atoms in total. The second-order valence-electron chi connectivity index (χ2n) is 6.09. The van der Waals surface area contributed by atoms with E-state index in [-0.39, 0.29) is 17.9 Å². The number of carbonyl (C=O) groups excluding carboxylic acids is 2. The highest BCUT2D eigenvalue weighted by Gasteiger charge is 2.30. The molecule has 0 bridgehead atoms. The fourth-order valence-corrected chi connectivity index (χ4v) is 2.98. The van der Waals surface area contributed by atoms with Gasteiger partial charge in [0.2, 0.25) is 11.8 Å². The van der Waals surface area contributed by atoms with Gasteiger partial charge >= 0.3 is 6.03 Å². The minimum atomic E-state index is -0.150. The number of nitrogens with zero attached hydrogens (tertiary/aromatic N) is 4. The SMILES string of the molecule is Cc1noc(C2CCN(C(=O)NCCC(=O)N3CCOCC3)C2)n1. The van der Waals surface area contributed by atoms with E-state index in [2.05, 4.69) is 15.5 Å². The average Bonchev–Trinajstić information content (AvgIpc) is 3.24. The smallest absolute Gasteiger partial charge is 0.317 e. The van der Waals surface area contributed by atoms with Crippen LogP contribution < -0.4 is 5.32 Å². The number of carbonyl (C=O) groups is 2. The molecular weight excluding hydrogens is 314 g/mol. The quantitative estimate of drug-likeness (QED) is 0.838. The first-order chi connectivity index (χ1) is 11.6. The lowest BCUT2D eigenvalue weighted by molar-refractivity contribution is -0.135. The molecule has 3 amide bonds. The van der Waals surface area contributed by atoms with Crippen molar-refractivity contribution in [3.8, 4) is 0 Å². The van der Waals surface area contributed by atoms with Gasteiger partial charge in [-0.1, -0.05) is 5.16 Å². The lowest BCUT2D eigenvalue weighted by Crippen LogP contribution is -2.43. The first kappa shape index (κ1) is 16.7. The molecule has 0 aliphatic carbocycles. The number of hydrogen-bond donors (Lipinski definition) is 1. The fourth-order valence-electron chi connectivity index (χ4n) is 2.98. The van der Waals surface area contributed by atoms with Crippen molar-refractivity contribution in [2.75, 3.05) is 45.9 Å². The maximum absolute atomic E-state index is 12.2. The molecule has 3 rings (SSSR count). The van der Waals surface area contributed by atoms with Crippen LogP contribution in [0.1, 0.15) is 30.5 Å². The summed E-state index contributed by atoms with van der Waals surface area (Å²) in [4.78, 5) is 31.9. The predicted molar refractivity (Wildman–Crippen MR) is 83.4 cm³/mol. The molecule has 2 aliphatic heterocycles. The monoisotopic (exact) mass is 337 g/mol. The molecule has 3 heterocycles. The molecule has 1 aromatic heterocycles. The second kappa shape index (κ2) is 7.61. The molecule has 24 heavy (non-hydrogen) atoms. The van der Waals surface area contributed by atoms with Crippen LogP contribution in [0.15, 0.2) is 4.52 Å². The number of likely N-dealkylation sites (tertiary alicyclic amines) is 1. The van der Waals surface area contributed by atoms with Crippen molar-refractivity contribution in [1.29, 1.82) is 0 Å². The number of hydrogen-bond acceptors (Lipinski definition) is 6. The van der Waals surface area contributed by atoms with Crippen molar-refractivity contribution in [2.24, 2.45) is 0 Å². The van der Waals surface area contributed by atoms with Gasteiger partial charge in [0.25, 0.3) is 0 Å². The zero-order valence-electron chi connectivity index (χ0n) is 13.9. The van der Waals surface area contributed by atoms with Gasteiger partial charge < -0.3 is 24.4 Å². The van der Waals surface area contributed by atoms with Gasteiger partial charge in [-0.05, 0) is 13.3 Å². The summed E-state index contributed by atoms with van der Waals surface area (Å²) in [5, 5.41) is 6.60. The van der Waals surface area contributed by atoms with E-state index in [1.54, 1.807) is 16.7 Å². The van der Waals surface area contributed by atoms with Crippen LogP contribution in [0, 0.1) is 6.92 Å². The Morgan fingerprint density at radius 3 is 2.75 bits per heavy atom. The predicted octanol–water partition coefficient (Wildman–Crippen LogP) is 0.126. The molecule has 1 unspecified atom stereocenters. The first-order valence-corrected chi connectivity index (χ1v) is 8.32. The van der Waals surface area contributed by atoms with E-state index in [0.717, 1.165) is 6.42 Å². The van der Waals surface area contributed by atoms with Gasteiger partial charge in [0.15, 0.2) is 5.82 Å². The van der Waals surface area contributed by atoms with Crippen molar-refractivity contribution < 1.29 is 18.8 Å². The molecule has 2 aliphatic rings. The summed E-state index contributed by atoms with van der Waals surface area (Å²) in [7, 11) is 0. The number of rotatable bonds is 4. The van der Waals surface area contributed by atoms with Crippen molar-refractivity contribution in [3.63, 3.8) is 0 Å². The number of morpholine rings is 1. The highest BCUT2D eigenvalue weighted by molar-refractivity contribution is 5.78. The second-order valence-corrected chi connectivity index (χ2v) is 6.09. The molecular formula is C15H23N5O4. The average molecular weight is 337 g/mol. The number of amides is 3. The van der Waals surface area contributed by atoms with E-state index in [1.165, 1.54) is 0 Å². The van der Waals surface area contributed by atoms with Crippen LogP contribution in [0.25, 0.3) is 0 Å². The van der Waals surface area contributed by atoms with Crippen LogP contribution in [0.5, 0.6) is 0 Å². The summed E-state index contributed by atoms with van der Waals surface area (Å²) in [6.45, 7) is 5.76. The van der Waals surface area contributed by atoms with Gasteiger partial charge in [-0.15, -0.1) is 0 Å². The van der Waals surface area contributed by atoms with Gasteiger partial charge in [-0.3, -0.25) is 4.79 Å². The number of urea groups is 1. The number of nitrogens with one attached hydrogen (secondary N) is 1. The molecule has 2 saturated heterocycles. The van der Waals surface area contributed by atoms with E-state index < -0.39 is 0 Å². The summed E-state index contributed by atoms with van der Waals surface area (Å²) in [5.74, 6) is 1.34. The normalized spacial score (nSPS) is 21.1. The third-order valence-corrected chi connectivity index (χ3v) is 4.35. The molecule has 0 spiro atoms. The van der Waals surface area contributed by atoms with Gasteiger partial charge in [-0.2, -0.15) is 4.98 Å². The Bertz CT molecular complexity index is 584. The zero-order valence-corrected chi connectivity index (χ0v) is 13.9. The summed E-state index contributed by atoms with van der Waals surface area (Å²) in [6.07, 6.45) is 1.12. The Labute approximate surface area is 140 Å². The van der Waals surface area contributed by atoms with Crippen molar-refractivity contribution in [2.45, 2.75) is 25.7 Å². The van der Waals surface area contributed by atoms with Crippen LogP contribution in [0.2, 0.25) is 0 Å². The molecule has 2 fully saturated rings. The number of aryl methyl sites for hydroxylation is 1. The molecule has 0 radical (unpaired) electrons. The van der Waals surface area contributed by atoms with E-state index in [9.17, 15) is 9.59 Å². The van der Waals surface area contributed by atoms with Crippen LogP contribution in [0.4, 0.5) is 4.79 Å². The Morgan fingerprint density at radius 2 is 2.04 bits per heavy atom. The molecule has 1 atom stereocenters. The molecule has 9 heteroatoms. The Kier molecular flexibility index (Phi) is 5.29. The van der Waals surface area contributed by atoms with Crippen molar-refractivity contribution in [1.82, 2.24) is 25.3 Å². The number of aromatic nitrogens is 2. The minimum Gasteiger partial charge on any atom is -0.378 e. The maximum Gasteiger partial charge on any atom is 0.317 e. The third kappa shape index (κ3) is 4.02. The van der Waals surface area contributed by atoms with Crippen LogP contribution >= 0.6 is 0 Å². The molecule has 0 saturated carbocycles. The molecule has 1 N–H and O–H groups in total. The van der Waals surface area contributed by atoms with E-state index >= 15 is 0 Å². The largest absolute Gasteiger partial charge is 0.378 e. The van der Waals surface area contributed by atoms with Crippen LogP contribution in [-0.2, 0) is 9.53 Å². The summed E-state index contributed by atoms with van der Waals surface area (Å²) >= 11 is 0. The van der Waals surface area contributed by atoms with E-state index in [0.29, 0.717) is 64.1 Å². The Balaban J connectivity index is 1.38. The maximum atomic E-state index is 12.2. The first-order valence-electron chi connectivity index (χ1n) is 8.32. The summed E-state index contributed by atoms with van der Waals surface area (Å²) < 4.78 is 10.4. The third-order valence-electron chi connectivity index (χ3n) is 4.35. The van der Waals surface area contributed by atoms with Crippen LogP contribution in [0.3, 0.4) is 0 Å². The van der Waals surface area contributed by atoms with Gasteiger partial charge in [0, 0.05) is 39.1 Å². The standard InChI is InChI=1S/C15H23N5O4/c1-11-17-14(24-18-11)12-3-5-20(10-12)15(22)16-4-2-13(21)19-6-8-23-9-7-19/h12H,2-10H2,1H3,(H,16,22). The summed E-state index contributed by atoms with van der Waals surface area (Å²) in [6, 6.07) is -0.150. The number of ether oxygens (including phenoxy) is 1. The lowest BCUT2D eigenvalue weighted by atomic mass is 10.1.